The molecular weight excluding hydrogens is 273 g/mol. The van der Waals surface area contributed by atoms with E-state index in [1.807, 2.05) is 6.07 Å². The molecule has 0 bridgehead atoms. The van der Waals surface area contributed by atoms with Crippen molar-refractivity contribution in [3.63, 3.8) is 0 Å². The van der Waals surface area contributed by atoms with Gasteiger partial charge < -0.3 is 10.1 Å². The first-order valence-corrected chi connectivity index (χ1v) is 5.31. The van der Waals surface area contributed by atoms with E-state index in [0.717, 1.165) is 0 Å². The smallest absolute Gasteiger partial charge is 0.406 e. The zero-order valence-corrected chi connectivity index (χ0v) is 9.85. The molecule has 0 atom stereocenters. The lowest BCUT2D eigenvalue weighted by Crippen LogP contribution is -2.16. The summed E-state index contributed by atoms with van der Waals surface area (Å²) in [5.41, 5.74) is 0.683. The average Bonchev–Trinajstić information content (AvgIpc) is 2.40. The van der Waals surface area contributed by atoms with Crippen LogP contribution in [0.15, 0.2) is 36.7 Å². The zero-order valence-electron chi connectivity index (χ0n) is 9.85. The number of aromatic nitrogens is 2. The Morgan fingerprint density at radius 2 is 1.80 bits per heavy atom. The second-order valence-corrected chi connectivity index (χ2v) is 3.60. The molecule has 1 N–H and O–H groups in total. The van der Waals surface area contributed by atoms with Crippen LogP contribution in [0.1, 0.15) is 5.69 Å². The third-order valence-corrected chi connectivity index (χ3v) is 2.13. The van der Waals surface area contributed by atoms with E-state index in [1.165, 1.54) is 36.7 Å². The van der Waals surface area contributed by atoms with Crippen LogP contribution in [-0.2, 0) is 0 Å². The predicted octanol–water partition coefficient (Wildman–Crippen LogP) is 2.99. The number of hydrogen-bond acceptors (Lipinski definition) is 5. The fraction of sp³-hybridized carbons (Fsp3) is 0.0833. The van der Waals surface area contributed by atoms with Crippen LogP contribution in [0.5, 0.6) is 5.75 Å². The zero-order chi connectivity index (χ0) is 14.6. The first-order valence-electron chi connectivity index (χ1n) is 5.31. The molecule has 2 rings (SSSR count). The SMILES string of the molecule is N#Cc1cnc(Nc2ccc(OC(F)(F)F)cc2)cn1. The highest BCUT2D eigenvalue weighted by Crippen LogP contribution is 2.24. The summed E-state index contributed by atoms with van der Waals surface area (Å²) < 4.78 is 39.7. The van der Waals surface area contributed by atoms with E-state index in [0.29, 0.717) is 11.5 Å². The third kappa shape index (κ3) is 3.84. The minimum Gasteiger partial charge on any atom is -0.406 e. The molecule has 1 aromatic heterocycles. The average molecular weight is 280 g/mol. The van der Waals surface area contributed by atoms with E-state index in [1.54, 1.807) is 0 Å². The Balaban J connectivity index is 2.05. The van der Waals surface area contributed by atoms with Gasteiger partial charge in [0.1, 0.15) is 17.6 Å². The Morgan fingerprint density at radius 1 is 1.10 bits per heavy atom. The second-order valence-electron chi connectivity index (χ2n) is 3.60. The molecule has 1 heterocycles. The molecule has 0 amide bonds. The van der Waals surface area contributed by atoms with Crippen molar-refractivity contribution in [1.82, 2.24) is 9.97 Å². The summed E-state index contributed by atoms with van der Waals surface area (Å²) in [6.07, 6.45) is -2.09. The lowest BCUT2D eigenvalue weighted by atomic mass is 10.3. The number of nitrogens with zero attached hydrogens (tertiary/aromatic N) is 3. The third-order valence-electron chi connectivity index (χ3n) is 2.13. The summed E-state index contributed by atoms with van der Waals surface area (Å²) in [5, 5.41) is 11.4. The molecule has 2 aromatic rings. The van der Waals surface area contributed by atoms with Gasteiger partial charge in [0.2, 0.25) is 0 Å². The maximum absolute atomic E-state index is 12.0. The number of nitrogens with one attached hydrogen (secondary N) is 1. The highest BCUT2D eigenvalue weighted by Gasteiger charge is 2.30. The summed E-state index contributed by atoms with van der Waals surface area (Å²) in [5.74, 6) is 0.0578. The summed E-state index contributed by atoms with van der Waals surface area (Å²) in [6, 6.07) is 6.98. The molecule has 0 spiro atoms. The lowest BCUT2D eigenvalue weighted by molar-refractivity contribution is -0.274. The van der Waals surface area contributed by atoms with Crippen LogP contribution < -0.4 is 10.1 Å². The Bertz CT molecular complexity index is 617. The molecule has 0 aliphatic carbocycles. The second kappa shape index (κ2) is 5.44. The number of ether oxygens (including phenoxy) is 1. The molecule has 0 aliphatic rings. The van der Waals surface area contributed by atoms with Gasteiger partial charge in [-0.3, -0.25) is 0 Å². The standard InChI is InChI=1S/C12H7F3N4O/c13-12(14,15)20-10-3-1-8(2-4-10)19-11-7-17-9(5-16)6-18-11/h1-4,6-7H,(H,18,19). The van der Waals surface area contributed by atoms with E-state index < -0.39 is 6.36 Å². The van der Waals surface area contributed by atoms with Crippen molar-refractivity contribution in [2.45, 2.75) is 6.36 Å². The topological polar surface area (TPSA) is 70.8 Å². The predicted molar refractivity (Wildman–Crippen MR) is 63.2 cm³/mol. The van der Waals surface area contributed by atoms with E-state index in [4.69, 9.17) is 5.26 Å². The molecule has 1 aromatic carbocycles. The van der Waals surface area contributed by atoms with Gasteiger partial charge in [-0.2, -0.15) is 5.26 Å². The summed E-state index contributed by atoms with van der Waals surface area (Å²) in [4.78, 5) is 7.72. The van der Waals surface area contributed by atoms with E-state index >= 15 is 0 Å². The minimum absolute atomic E-state index is 0.171. The Labute approximate surface area is 111 Å². The van der Waals surface area contributed by atoms with Gasteiger partial charge in [0.05, 0.1) is 12.4 Å². The molecule has 0 radical (unpaired) electrons. The summed E-state index contributed by atoms with van der Waals surface area (Å²) in [6.45, 7) is 0. The first kappa shape index (κ1) is 13.6. The molecule has 8 heteroatoms. The monoisotopic (exact) mass is 280 g/mol. The Hall–Kier alpha value is -2.82. The largest absolute Gasteiger partial charge is 0.573 e. The van der Waals surface area contributed by atoms with E-state index in [2.05, 4.69) is 20.0 Å². The van der Waals surface area contributed by atoms with Crippen molar-refractivity contribution in [3.05, 3.63) is 42.4 Å². The van der Waals surface area contributed by atoms with Crippen molar-refractivity contribution < 1.29 is 17.9 Å². The molecule has 0 aliphatic heterocycles. The van der Waals surface area contributed by atoms with Gasteiger partial charge in [0.25, 0.3) is 0 Å². The van der Waals surface area contributed by atoms with Gasteiger partial charge in [-0.15, -0.1) is 13.2 Å². The van der Waals surface area contributed by atoms with Crippen LogP contribution in [0.3, 0.4) is 0 Å². The van der Waals surface area contributed by atoms with Gasteiger partial charge in [-0.1, -0.05) is 0 Å². The lowest BCUT2D eigenvalue weighted by Gasteiger charge is -2.09. The molecule has 5 nitrogen and oxygen atoms in total. The molecule has 0 unspecified atom stereocenters. The van der Waals surface area contributed by atoms with Crippen molar-refractivity contribution >= 4 is 11.5 Å². The highest BCUT2D eigenvalue weighted by atomic mass is 19.4. The number of anilines is 2. The van der Waals surface area contributed by atoms with Crippen LogP contribution in [0.2, 0.25) is 0 Å². The first-order chi connectivity index (χ1) is 9.46. The van der Waals surface area contributed by atoms with Gasteiger partial charge in [-0.05, 0) is 24.3 Å². The number of alkyl halides is 3. The normalized spacial score (nSPS) is 10.7. The van der Waals surface area contributed by atoms with Crippen LogP contribution in [0, 0.1) is 11.3 Å². The maximum atomic E-state index is 12.0. The number of nitriles is 1. The molecule has 102 valence electrons. The molecule has 20 heavy (non-hydrogen) atoms. The molecule has 0 fully saturated rings. The fourth-order valence-electron chi connectivity index (χ4n) is 1.34. The minimum atomic E-state index is -4.71. The van der Waals surface area contributed by atoms with Gasteiger partial charge in [-0.25, -0.2) is 9.97 Å². The molecular formula is C12H7F3N4O. The molecule has 0 saturated heterocycles. The van der Waals surface area contributed by atoms with Crippen molar-refractivity contribution in [2.75, 3.05) is 5.32 Å². The van der Waals surface area contributed by atoms with Gasteiger partial charge in [0.15, 0.2) is 5.69 Å². The summed E-state index contributed by atoms with van der Waals surface area (Å²) >= 11 is 0. The van der Waals surface area contributed by atoms with Crippen molar-refractivity contribution in [3.8, 4) is 11.8 Å². The van der Waals surface area contributed by atoms with Crippen LogP contribution in [0.4, 0.5) is 24.7 Å². The van der Waals surface area contributed by atoms with Crippen LogP contribution >= 0.6 is 0 Å². The number of halogens is 3. The Kier molecular flexibility index (Phi) is 3.70. The van der Waals surface area contributed by atoms with Crippen LogP contribution in [-0.4, -0.2) is 16.3 Å². The summed E-state index contributed by atoms with van der Waals surface area (Å²) in [7, 11) is 0. The van der Waals surface area contributed by atoms with Crippen LogP contribution in [0.25, 0.3) is 0 Å². The quantitative estimate of drug-likeness (QED) is 0.935. The Morgan fingerprint density at radius 3 is 2.30 bits per heavy atom. The maximum Gasteiger partial charge on any atom is 0.573 e. The molecule has 0 saturated carbocycles. The van der Waals surface area contributed by atoms with Gasteiger partial charge >= 0.3 is 6.36 Å². The van der Waals surface area contributed by atoms with E-state index in [9.17, 15) is 13.2 Å². The van der Waals surface area contributed by atoms with E-state index in [-0.39, 0.29) is 11.4 Å². The van der Waals surface area contributed by atoms with Crippen molar-refractivity contribution in [2.24, 2.45) is 0 Å². The fourth-order valence-corrected chi connectivity index (χ4v) is 1.34. The highest BCUT2D eigenvalue weighted by molar-refractivity contribution is 5.56. The van der Waals surface area contributed by atoms with Crippen molar-refractivity contribution in [1.29, 1.82) is 5.26 Å². The number of rotatable bonds is 3. The number of hydrogen-bond donors (Lipinski definition) is 1. The van der Waals surface area contributed by atoms with Gasteiger partial charge in [0, 0.05) is 5.69 Å². The number of benzene rings is 1.